The van der Waals surface area contributed by atoms with Crippen molar-refractivity contribution < 1.29 is 23.5 Å². The Morgan fingerprint density at radius 3 is 2.54 bits per heavy atom. The maximum atomic E-state index is 13.9. The predicted octanol–water partition coefficient (Wildman–Crippen LogP) is 2.81. The summed E-state index contributed by atoms with van der Waals surface area (Å²) in [5.74, 6) is -1.20. The van der Waals surface area contributed by atoms with Gasteiger partial charge < -0.3 is 14.4 Å². The first-order valence-corrected chi connectivity index (χ1v) is 8.89. The first kappa shape index (κ1) is 19.4. The quantitative estimate of drug-likeness (QED) is 0.656. The van der Waals surface area contributed by atoms with Gasteiger partial charge in [-0.05, 0) is 31.0 Å². The molecule has 144 valence electrons. The van der Waals surface area contributed by atoms with E-state index in [2.05, 4.69) is 0 Å². The van der Waals surface area contributed by atoms with Crippen molar-refractivity contribution in [1.29, 1.82) is 5.26 Å². The smallest absolute Gasteiger partial charge is 0.344 e. The summed E-state index contributed by atoms with van der Waals surface area (Å²) in [6, 6.07) is 14.8. The van der Waals surface area contributed by atoms with Gasteiger partial charge in [0.1, 0.15) is 17.6 Å². The third-order valence-corrected chi connectivity index (χ3v) is 4.32. The molecule has 2 aromatic rings. The van der Waals surface area contributed by atoms with E-state index in [0.717, 1.165) is 12.8 Å². The van der Waals surface area contributed by atoms with Crippen LogP contribution in [0.15, 0.2) is 48.5 Å². The molecule has 0 bridgehead atoms. The van der Waals surface area contributed by atoms with Gasteiger partial charge in [0, 0.05) is 18.2 Å². The summed E-state index contributed by atoms with van der Waals surface area (Å²) in [7, 11) is 0. The van der Waals surface area contributed by atoms with E-state index in [1.165, 1.54) is 11.0 Å². The Bertz CT molecular complexity index is 905. The summed E-state index contributed by atoms with van der Waals surface area (Å²) in [6.45, 7) is -0.713. The number of para-hydroxylation sites is 1. The fraction of sp³-hybridized carbons (Fsp3) is 0.286. The highest BCUT2D eigenvalue weighted by Gasteiger charge is 2.33. The second-order valence-electron chi connectivity index (χ2n) is 6.40. The molecule has 0 radical (unpaired) electrons. The Morgan fingerprint density at radius 2 is 1.82 bits per heavy atom. The second kappa shape index (κ2) is 9.00. The lowest BCUT2D eigenvalue weighted by molar-refractivity contribution is -0.154. The van der Waals surface area contributed by atoms with Crippen LogP contribution < -0.4 is 4.74 Å². The maximum absolute atomic E-state index is 13.9. The van der Waals surface area contributed by atoms with Crippen LogP contribution >= 0.6 is 0 Å². The molecule has 1 aliphatic carbocycles. The Kier molecular flexibility index (Phi) is 6.22. The Labute approximate surface area is 162 Å². The van der Waals surface area contributed by atoms with Gasteiger partial charge in [0.2, 0.25) is 0 Å². The zero-order valence-electron chi connectivity index (χ0n) is 15.1. The number of carbonyl (C=O) groups excluding carboxylic acids is 2. The summed E-state index contributed by atoms with van der Waals surface area (Å²) in [5, 5.41) is 9.00. The van der Waals surface area contributed by atoms with Gasteiger partial charge in [0.15, 0.2) is 13.2 Å². The van der Waals surface area contributed by atoms with Gasteiger partial charge in [-0.1, -0.05) is 30.3 Å². The third kappa shape index (κ3) is 5.07. The number of nitrogens with zero attached hydrogens (tertiary/aromatic N) is 2. The fourth-order valence-electron chi connectivity index (χ4n) is 2.71. The molecular weight excluding hydrogens is 363 g/mol. The summed E-state index contributed by atoms with van der Waals surface area (Å²) in [5.41, 5.74) is 0.724. The van der Waals surface area contributed by atoms with E-state index >= 15 is 0 Å². The number of rotatable bonds is 8. The number of carbonyl (C=O) groups is 2. The molecule has 0 unspecified atom stereocenters. The average Bonchev–Trinajstić information content (AvgIpc) is 3.55. The molecule has 7 heteroatoms. The van der Waals surface area contributed by atoms with Crippen LogP contribution in [0.25, 0.3) is 0 Å². The van der Waals surface area contributed by atoms with Crippen molar-refractivity contribution in [3.05, 3.63) is 65.5 Å². The zero-order valence-corrected chi connectivity index (χ0v) is 15.1. The topological polar surface area (TPSA) is 79.6 Å². The first-order valence-electron chi connectivity index (χ1n) is 8.89. The lowest BCUT2D eigenvalue weighted by atomic mass is 10.2. The Balaban J connectivity index is 1.51. The molecule has 1 fully saturated rings. The van der Waals surface area contributed by atoms with Gasteiger partial charge in [-0.2, -0.15) is 5.26 Å². The normalized spacial score (nSPS) is 12.7. The highest BCUT2D eigenvalue weighted by molar-refractivity contribution is 5.81. The molecule has 0 spiro atoms. The number of benzene rings is 2. The summed E-state index contributed by atoms with van der Waals surface area (Å²) in [6.07, 6.45) is 1.70. The van der Waals surface area contributed by atoms with E-state index in [-0.39, 0.29) is 30.1 Å². The van der Waals surface area contributed by atoms with Crippen molar-refractivity contribution in [3.63, 3.8) is 0 Å². The van der Waals surface area contributed by atoms with E-state index in [1.807, 2.05) is 6.07 Å². The third-order valence-electron chi connectivity index (χ3n) is 4.32. The molecule has 0 aliphatic heterocycles. The van der Waals surface area contributed by atoms with Gasteiger partial charge in [-0.25, -0.2) is 9.18 Å². The number of hydrogen-bond acceptors (Lipinski definition) is 5. The van der Waals surface area contributed by atoms with E-state index in [0.29, 0.717) is 11.1 Å². The van der Waals surface area contributed by atoms with Crippen LogP contribution in [0.5, 0.6) is 5.75 Å². The number of amides is 1. The van der Waals surface area contributed by atoms with E-state index in [4.69, 9.17) is 14.7 Å². The Hall–Kier alpha value is -3.40. The largest absolute Gasteiger partial charge is 0.481 e. The molecule has 3 rings (SSSR count). The van der Waals surface area contributed by atoms with Crippen molar-refractivity contribution in [3.8, 4) is 11.8 Å². The summed E-state index contributed by atoms with van der Waals surface area (Å²) < 4.78 is 24.1. The molecule has 0 saturated heterocycles. The monoisotopic (exact) mass is 382 g/mol. The molecular formula is C21H19FN2O4. The first-order chi connectivity index (χ1) is 13.6. The number of ether oxygens (including phenoxy) is 2. The number of esters is 1. The zero-order chi connectivity index (χ0) is 19.9. The van der Waals surface area contributed by atoms with Crippen LogP contribution in [-0.2, 0) is 20.9 Å². The number of hydrogen-bond donors (Lipinski definition) is 0. The molecule has 0 atom stereocenters. The summed E-state index contributed by atoms with van der Waals surface area (Å²) >= 11 is 0. The predicted molar refractivity (Wildman–Crippen MR) is 97.6 cm³/mol. The van der Waals surface area contributed by atoms with E-state index < -0.39 is 19.2 Å². The molecule has 1 saturated carbocycles. The molecule has 0 aromatic heterocycles. The van der Waals surface area contributed by atoms with Gasteiger partial charge >= 0.3 is 5.97 Å². The fourth-order valence-corrected chi connectivity index (χ4v) is 2.71. The minimum atomic E-state index is -0.720. The van der Waals surface area contributed by atoms with Crippen molar-refractivity contribution >= 4 is 11.9 Å². The number of nitriles is 1. The average molecular weight is 382 g/mol. The standard InChI is InChI=1S/C21H19FN2O4/c22-18-7-3-1-6-16(18)12-24(17-9-10-17)20(25)13-28-21(26)14-27-19-8-4-2-5-15(19)11-23/h1-8,17H,9-10,12-14H2. The molecule has 0 heterocycles. The number of halogens is 1. The van der Waals surface area contributed by atoms with Crippen LogP contribution in [0.4, 0.5) is 4.39 Å². The maximum Gasteiger partial charge on any atom is 0.344 e. The van der Waals surface area contributed by atoms with Gasteiger partial charge in [-0.15, -0.1) is 0 Å². The highest BCUT2D eigenvalue weighted by atomic mass is 19.1. The highest BCUT2D eigenvalue weighted by Crippen LogP contribution is 2.29. The van der Waals surface area contributed by atoms with Crippen molar-refractivity contribution in [2.24, 2.45) is 0 Å². The van der Waals surface area contributed by atoms with Gasteiger partial charge in [-0.3, -0.25) is 4.79 Å². The molecule has 6 nitrogen and oxygen atoms in total. The lowest BCUT2D eigenvalue weighted by Crippen LogP contribution is -2.36. The summed E-state index contributed by atoms with van der Waals surface area (Å²) in [4.78, 5) is 25.9. The SMILES string of the molecule is N#Cc1ccccc1OCC(=O)OCC(=O)N(Cc1ccccc1F)C1CC1. The van der Waals surface area contributed by atoms with Gasteiger partial charge in [0.05, 0.1) is 5.56 Å². The molecule has 0 N–H and O–H groups in total. The Morgan fingerprint density at radius 1 is 1.11 bits per heavy atom. The van der Waals surface area contributed by atoms with Crippen LogP contribution in [-0.4, -0.2) is 36.0 Å². The van der Waals surface area contributed by atoms with Gasteiger partial charge in [0.25, 0.3) is 5.91 Å². The lowest BCUT2D eigenvalue weighted by Gasteiger charge is -2.22. The second-order valence-corrected chi connectivity index (χ2v) is 6.40. The van der Waals surface area contributed by atoms with Crippen molar-refractivity contribution in [2.75, 3.05) is 13.2 Å². The molecule has 2 aromatic carbocycles. The molecule has 1 aliphatic rings. The van der Waals surface area contributed by atoms with Crippen LogP contribution in [0.1, 0.15) is 24.0 Å². The van der Waals surface area contributed by atoms with E-state index in [1.54, 1.807) is 42.5 Å². The van der Waals surface area contributed by atoms with Crippen LogP contribution in [0.2, 0.25) is 0 Å². The minimum Gasteiger partial charge on any atom is -0.481 e. The van der Waals surface area contributed by atoms with Crippen molar-refractivity contribution in [2.45, 2.75) is 25.4 Å². The van der Waals surface area contributed by atoms with E-state index in [9.17, 15) is 14.0 Å². The minimum absolute atomic E-state index is 0.0459. The van der Waals surface area contributed by atoms with Crippen LogP contribution in [0, 0.1) is 17.1 Å². The molecule has 28 heavy (non-hydrogen) atoms. The van der Waals surface area contributed by atoms with Crippen molar-refractivity contribution in [1.82, 2.24) is 4.90 Å². The van der Waals surface area contributed by atoms with Crippen LogP contribution in [0.3, 0.4) is 0 Å². The molecule has 1 amide bonds.